The first-order valence-corrected chi connectivity index (χ1v) is 13.7. The molecule has 1 saturated heterocycles. The Hall–Kier alpha value is -2.29. The van der Waals surface area contributed by atoms with E-state index in [1.807, 2.05) is 11.8 Å². The summed E-state index contributed by atoms with van der Waals surface area (Å²) in [6.07, 6.45) is 5.10. The van der Waals surface area contributed by atoms with Gasteiger partial charge in [0.1, 0.15) is 6.04 Å². The third-order valence-corrected chi connectivity index (χ3v) is 8.69. The minimum absolute atomic E-state index is 0.0438. The fourth-order valence-corrected chi connectivity index (χ4v) is 6.62. The van der Waals surface area contributed by atoms with E-state index in [0.717, 1.165) is 13.1 Å². The summed E-state index contributed by atoms with van der Waals surface area (Å²) in [5.41, 5.74) is 1.70. The molecule has 1 aromatic rings. The highest BCUT2D eigenvalue weighted by Crippen LogP contribution is 2.40. The van der Waals surface area contributed by atoms with Crippen molar-refractivity contribution in [3.8, 4) is 0 Å². The molecule has 2 atom stereocenters. The number of amides is 4. The highest BCUT2D eigenvalue weighted by atomic mass is 35.5. The third kappa shape index (κ3) is 4.48. The molecule has 0 radical (unpaired) electrons. The number of carbonyl (C=O) groups is 3. The van der Waals surface area contributed by atoms with Gasteiger partial charge < -0.3 is 15.1 Å². The van der Waals surface area contributed by atoms with Gasteiger partial charge in [0.15, 0.2) is 0 Å². The number of likely N-dealkylation sites (N-methyl/N-ethyl adjacent to an activating group) is 1. The molecule has 0 bridgehead atoms. The van der Waals surface area contributed by atoms with Crippen LogP contribution < -0.4 is 5.32 Å². The molecule has 1 aliphatic carbocycles. The van der Waals surface area contributed by atoms with Crippen molar-refractivity contribution in [3.63, 3.8) is 0 Å². The Morgan fingerprint density at radius 3 is 2.44 bits per heavy atom. The lowest BCUT2D eigenvalue weighted by molar-refractivity contribution is -0.143. The smallest absolute Gasteiger partial charge is 0.322 e. The molecule has 10 heteroatoms. The van der Waals surface area contributed by atoms with Crippen LogP contribution in [0.25, 0.3) is 0 Å². The number of nitrogens with zero attached hydrogens (tertiary/aromatic N) is 4. The van der Waals surface area contributed by atoms with Crippen LogP contribution in [0.1, 0.15) is 51.1 Å². The molecular weight excluding hydrogens is 501 g/mol. The highest BCUT2D eigenvalue weighted by Gasteiger charge is 2.47. The summed E-state index contributed by atoms with van der Waals surface area (Å²) in [5, 5.41) is 3.78. The number of benzene rings is 1. The van der Waals surface area contributed by atoms with Crippen LogP contribution in [0.4, 0.5) is 4.79 Å². The standard InChI is InChI=1S/C26H33Cl2N5O3/c1-3-32-21-15-33(16(2)24(34)31-12-10-30(11-13-31)18-6-4-5-7-18)25(35)22(21)23(29-26(32)36)19-9-8-17(27)14-20(19)28/h8-9,14,16,18,23H,3-7,10-13,15H2,1-2H3,(H,29,36)/t16-,23+/m0/s1. The van der Waals surface area contributed by atoms with Crippen molar-refractivity contribution in [1.82, 2.24) is 24.9 Å². The van der Waals surface area contributed by atoms with Crippen LogP contribution >= 0.6 is 23.2 Å². The Balaban J connectivity index is 1.34. The highest BCUT2D eigenvalue weighted by molar-refractivity contribution is 6.35. The van der Waals surface area contributed by atoms with Crippen LogP contribution in [0.3, 0.4) is 0 Å². The van der Waals surface area contributed by atoms with Crippen LogP contribution in [0.15, 0.2) is 29.5 Å². The molecule has 1 aromatic carbocycles. The lowest BCUT2D eigenvalue weighted by atomic mass is 9.95. The van der Waals surface area contributed by atoms with E-state index in [2.05, 4.69) is 10.2 Å². The summed E-state index contributed by atoms with van der Waals surface area (Å²) in [7, 11) is 0. The Labute approximate surface area is 222 Å². The van der Waals surface area contributed by atoms with Crippen LogP contribution in [0.2, 0.25) is 10.0 Å². The second-order valence-electron chi connectivity index (χ2n) is 10.1. The van der Waals surface area contributed by atoms with Crippen molar-refractivity contribution in [3.05, 3.63) is 45.1 Å². The Morgan fingerprint density at radius 2 is 1.81 bits per heavy atom. The number of halogens is 2. The zero-order valence-corrected chi connectivity index (χ0v) is 22.3. The van der Waals surface area contributed by atoms with Gasteiger partial charge in [0.05, 0.1) is 23.9 Å². The molecule has 2 fully saturated rings. The van der Waals surface area contributed by atoms with Gasteiger partial charge in [-0.05, 0) is 44.4 Å². The van der Waals surface area contributed by atoms with Crippen molar-refractivity contribution < 1.29 is 14.4 Å². The second kappa shape index (κ2) is 10.2. The van der Waals surface area contributed by atoms with Crippen LogP contribution in [0.5, 0.6) is 0 Å². The lowest BCUT2D eigenvalue weighted by Crippen LogP contribution is -2.56. The van der Waals surface area contributed by atoms with E-state index in [0.29, 0.717) is 52.6 Å². The number of rotatable bonds is 5. The van der Waals surface area contributed by atoms with Crippen molar-refractivity contribution >= 4 is 41.0 Å². The predicted octanol–water partition coefficient (Wildman–Crippen LogP) is 3.65. The molecule has 3 aliphatic heterocycles. The molecule has 1 N–H and O–H groups in total. The van der Waals surface area contributed by atoms with Gasteiger partial charge in [-0.3, -0.25) is 19.4 Å². The van der Waals surface area contributed by atoms with Gasteiger partial charge in [0, 0.05) is 48.8 Å². The van der Waals surface area contributed by atoms with Crippen molar-refractivity contribution in [1.29, 1.82) is 0 Å². The molecule has 4 aliphatic rings. The fourth-order valence-electron chi connectivity index (χ4n) is 6.10. The number of nitrogens with one attached hydrogen (secondary N) is 1. The van der Waals surface area contributed by atoms with Gasteiger partial charge in [0.25, 0.3) is 5.91 Å². The number of hydrogen-bond acceptors (Lipinski definition) is 4. The third-order valence-electron chi connectivity index (χ3n) is 8.13. The van der Waals surface area contributed by atoms with Crippen LogP contribution in [-0.2, 0) is 9.59 Å². The Kier molecular flexibility index (Phi) is 7.21. The molecule has 194 valence electrons. The van der Waals surface area contributed by atoms with Crippen molar-refractivity contribution in [2.24, 2.45) is 0 Å². The van der Waals surface area contributed by atoms with Crippen LogP contribution in [-0.4, -0.2) is 88.8 Å². The summed E-state index contributed by atoms with van der Waals surface area (Å²) in [5.74, 6) is -0.289. The first kappa shape index (κ1) is 25.4. The van der Waals surface area contributed by atoms with E-state index in [4.69, 9.17) is 23.2 Å². The molecule has 0 aromatic heterocycles. The maximum absolute atomic E-state index is 13.8. The molecule has 36 heavy (non-hydrogen) atoms. The van der Waals surface area contributed by atoms with Crippen molar-refractivity contribution in [2.45, 2.75) is 57.7 Å². The largest absolute Gasteiger partial charge is 0.338 e. The van der Waals surface area contributed by atoms with E-state index in [-0.39, 0.29) is 24.4 Å². The molecule has 3 heterocycles. The summed E-state index contributed by atoms with van der Waals surface area (Å²) in [6.45, 7) is 7.40. The normalized spacial score (nSPS) is 24.4. The molecular formula is C26H33Cl2N5O3. The fraction of sp³-hybridized carbons (Fsp3) is 0.577. The van der Waals surface area contributed by atoms with Crippen LogP contribution in [0, 0.1) is 0 Å². The number of urea groups is 1. The van der Waals surface area contributed by atoms with Gasteiger partial charge in [-0.2, -0.15) is 0 Å². The number of piperazine rings is 1. The SMILES string of the molecule is CCN1C(=O)N[C@H](c2ccc(Cl)cc2Cl)C2=C1CN([C@@H](C)C(=O)N1CCN(C3CCCC3)CC1)C2=O. The maximum atomic E-state index is 13.8. The maximum Gasteiger partial charge on any atom is 0.322 e. The lowest BCUT2D eigenvalue weighted by Gasteiger charge is -2.40. The zero-order valence-electron chi connectivity index (χ0n) is 20.8. The topological polar surface area (TPSA) is 76.2 Å². The van der Waals surface area contributed by atoms with Crippen molar-refractivity contribution in [2.75, 3.05) is 39.3 Å². The number of hydrogen-bond donors (Lipinski definition) is 1. The van der Waals surface area contributed by atoms with Gasteiger partial charge in [-0.1, -0.05) is 42.1 Å². The molecule has 1 saturated carbocycles. The minimum Gasteiger partial charge on any atom is -0.338 e. The Bertz CT molecular complexity index is 1100. The van der Waals surface area contributed by atoms with E-state index >= 15 is 0 Å². The average molecular weight is 534 g/mol. The van der Waals surface area contributed by atoms with Gasteiger partial charge in [-0.25, -0.2) is 4.79 Å². The number of carbonyl (C=O) groups excluding carboxylic acids is 3. The van der Waals surface area contributed by atoms with E-state index in [1.165, 1.54) is 25.7 Å². The van der Waals surface area contributed by atoms with E-state index in [9.17, 15) is 14.4 Å². The van der Waals surface area contributed by atoms with Gasteiger partial charge in [-0.15, -0.1) is 0 Å². The second-order valence-corrected chi connectivity index (χ2v) is 10.9. The summed E-state index contributed by atoms with van der Waals surface area (Å²) >= 11 is 12.5. The Morgan fingerprint density at radius 1 is 1.11 bits per heavy atom. The minimum atomic E-state index is -0.699. The first-order chi connectivity index (χ1) is 17.3. The van der Waals surface area contributed by atoms with Gasteiger partial charge >= 0.3 is 6.03 Å². The molecule has 5 rings (SSSR count). The molecule has 0 spiro atoms. The van der Waals surface area contributed by atoms with Gasteiger partial charge in [0.2, 0.25) is 5.91 Å². The van der Waals surface area contributed by atoms with E-state index in [1.54, 1.807) is 34.9 Å². The summed E-state index contributed by atoms with van der Waals surface area (Å²) < 4.78 is 0. The monoisotopic (exact) mass is 533 g/mol. The quantitative estimate of drug-likeness (QED) is 0.626. The molecule has 0 unspecified atom stereocenters. The predicted molar refractivity (Wildman–Crippen MR) is 139 cm³/mol. The van der Waals surface area contributed by atoms with E-state index < -0.39 is 12.1 Å². The summed E-state index contributed by atoms with van der Waals surface area (Å²) in [6, 6.07) is 4.06. The zero-order chi connectivity index (χ0) is 25.6. The molecule has 8 nitrogen and oxygen atoms in total. The molecule has 4 amide bonds. The summed E-state index contributed by atoms with van der Waals surface area (Å²) in [4.78, 5) is 47.8. The average Bonchev–Trinajstić information content (AvgIpc) is 3.52. The first-order valence-electron chi connectivity index (χ1n) is 12.9.